The van der Waals surface area contributed by atoms with Gasteiger partial charge in [-0.25, -0.2) is 4.98 Å². The third-order valence-corrected chi connectivity index (χ3v) is 4.04. The molecule has 5 heteroatoms. The standard InChI is InChI=1S/C19H21N3O2/c1-22-13-11-15-7-10-17(21-18(15)22)19(23)20-12-3-4-14-5-8-16(24-2)9-6-14/h5-11,13H,3-4,12H2,1-2H3,(H,20,23). The lowest BCUT2D eigenvalue weighted by molar-refractivity contribution is 0.0948. The number of ether oxygens (including phenoxy) is 1. The first-order chi connectivity index (χ1) is 11.7. The Hall–Kier alpha value is -2.82. The lowest BCUT2D eigenvalue weighted by atomic mass is 10.1. The molecule has 2 heterocycles. The Morgan fingerprint density at radius 3 is 2.71 bits per heavy atom. The first-order valence-corrected chi connectivity index (χ1v) is 8.00. The van der Waals surface area contributed by atoms with E-state index < -0.39 is 0 Å². The van der Waals surface area contributed by atoms with E-state index in [2.05, 4.69) is 10.3 Å². The van der Waals surface area contributed by atoms with Gasteiger partial charge in [0.2, 0.25) is 0 Å². The van der Waals surface area contributed by atoms with E-state index in [4.69, 9.17) is 4.74 Å². The molecule has 0 aliphatic carbocycles. The second kappa shape index (κ2) is 7.17. The van der Waals surface area contributed by atoms with Crippen LogP contribution >= 0.6 is 0 Å². The molecule has 0 saturated carbocycles. The summed E-state index contributed by atoms with van der Waals surface area (Å²) in [5.74, 6) is 0.724. The van der Waals surface area contributed by atoms with Gasteiger partial charge in [0.05, 0.1) is 7.11 Å². The molecule has 2 aromatic heterocycles. The van der Waals surface area contributed by atoms with Crippen molar-refractivity contribution in [1.82, 2.24) is 14.9 Å². The van der Waals surface area contributed by atoms with E-state index >= 15 is 0 Å². The number of nitrogens with zero attached hydrogens (tertiary/aromatic N) is 2. The van der Waals surface area contributed by atoms with E-state index in [1.807, 2.05) is 54.2 Å². The molecular weight excluding hydrogens is 302 g/mol. The average molecular weight is 323 g/mol. The zero-order chi connectivity index (χ0) is 16.9. The number of aromatic nitrogens is 2. The highest BCUT2D eigenvalue weighted by molar-refractivity contribution is 5.94. The first kappa shape index (κ1) is 16.1. The van der Waals surface area contributed by atoms with Gasteiger partial charge in [0, 0.05) is 25.2 Å². The van der Waals surface area contributed by atoms with Gasteiger partial charge in [-0.15, -0.1) is 0 Å². The lowest BCUT2D eigenvalue weighted by Gasteiger charge is -2.06. The molecule has 3 rings (SSSR count). The number of rotatable bonds is 6. The molecule has 0 saturated heterocycles. The zero-order valence-electron chi connectivity index (χ0n) is 14.0. The Labute approximate surface area is 141 Å². The van der Waals surface area contributed by atoms with E-state index in [9.17, 15) is 4.79 Å². The number of carbonyl (C=O) groups is 1. The average Bonchev–Trinajstić information content (AvgIpc) is 2.99. The molecule has 0 atom stereocenters. The monoisotopic (exact) mass is 323 g/mol. The molecule has 0 bridgehead atoms. The lowest BCUT2D eigenvalue weighted by Crippen LogP contribution is -2.25. The van der Waals surface area contributed by atoms with E-state index in [-0.39, 0.29) is 5.91 Å². The number of amides is 1. The summed E-state index contributed by atoms with van der Waals surface area (Å²) < 4.78 is 7.06. The third-order valence-electron chi connectivity index (χ3n) is 4.04. The van der Waals surface area contributed by atoms with Crippen LogP contribution in [0.3, 0.4) is 0 Å². The molecule has 0 fully saturated rings. The second-order valence-corrected chi connectivity index (χ2v) is 5.74. The molecule has 3 aromatic rings. The van der Waals surface area contributed by atoms with Crippen molar-refractivity contribution in [3.05, 3.63) is 59.9 Å². The molecule has 24 heavy (non-hydrogen) atoms. The van der Waals surface area contributed by atoms with Crippen LogP contribution in [0.1, 0.15) is 22.5 Å². The van der Waals surface area contributed by atoms with Crippen molar-refractivity contribution >= 4 is 16.9 Å². The van der Waals surface area contributed by atoms with Crippen LogP contribution in [0.15, 0.2) is 48.7 Å². The molecule has 124 valence electrons. The van der Waals surface area contributed by atoms with Crippen LogP contribution in [-0.2, 0) is 13.5 Å². The van der Waals surface area contributed by atoms with Crippen molar-refractivity contribution in [1.29, 1.82) is 0 Å². The van der Waals surface area contributed by atoms with Crippen LogP contribution in [0, 0.1) is 0 Å². The maximum atomic E-state index is 12.2. The van der Waals surface area contributed by atoms with Crippen molar-refractivity contribution in [2.24, 2.45) is 7.05 Å². The number of fused-ring (bicyclic) bond motifs is 1. The van der Waals surface area contributed by atoms with Crippen molar-refractivity contribution in [2.75, 3.05) is 13.7 Å². The predicted molar refractivity (Wildman–Crippen MR) is 94.4 cm³/mol. The summed E-state index contributed by atoms with van der Waals surface area (Å²) in [6.07, 6.45) is 3.73. The van der Waals surface area contributed by atoms with Crippen LogP contribution in [0.4, 0.5) is 0 Å². The molecule has 0 unspecified atom stereocenters. The van der Waals surface area contributed by atoms with Crippen LogP contribution in [0.2, 0.25) is 0 Å². The van der Waals surface area contributed by atoms with Crippen LogP contribution in [0.25, 0.3) is 11.0 Å². The Kier molecular flexibility index (Phi) is 4.79. The molecule has 0 aliphatic rings. The fraction of sp³-hybridized carbons (Fsp3) is 0.263. The summed E-state index contributed by atoms with van der Waals surface area (Å²) in [5.41, 5.74) is 2.50. The largest absolute Gasteiger partial charge is 0.497 e. The number of aryl methyl sites for hydroxylation is 2. The van der Waals surface area contributed by atoms with Gasteiger partial charge in [-0.2, -0.15) is 0 Å². The van der Waals surface area contributed by atoms with Crippen LogP contribution in [0.5, 0.6) is 5.75 Å². The fourth-order valence-corrected chi connectivity index (χ4v) is 2.64. The quantitative estimate of drug-likeness (QED) is 0.710. The molecule has 0 aliphatic heterocycles. The molecule has 0 spiro atoms. The number of hydrogen-bond donors (Lipinski definition) is 1. The molecule has 1 amide bonds. The molecule has 1 aromatic carbocycles. The van der Waals surface area contributed by atoms with E-state index in [0.29, 0.717) is 12.2 Å². The SMILES string of the molecule is COc1ccc(CCCNC(=O)c2ccc3ccn(C)c3n2)cc1. The zero-order valence-corrected chi connectivity index (χ0v) is 14.0. The summed E-state index contributed by atoms with van der Waals surface area (Å²) in [7, 11) is 3.58. The Morgan fingerprint density at radius 1 is 1.17 bits per heavy atom. The summed E-state index contributed by atoms with van der Waals surface area (Å²) in [6, 6.07) is 13.7. The van der Waals surface area contributed by atoms with Gasteiger partial charge >= 0.3 is 0 Å². The summed E-state index contributed by atoms with van der Waals surface area (Å²) in [6.45, 7) is 0.623. The minimum atomic E-state index is -0.132. The first-order valence-electron chi connectivity index (χ1n) is 8.00. The van der Waals surface area contributed by atoms with E-state index in [0.717, 1.165) is 29.6 Å². The van der Waals surface area contributed by atoms with Crippen molar-refractivity contribution < 1.29 is 9.53 Å². The number of hydrogen-bond acceptors (Lipinski definition) is 3. The highest BCUT2D eigenvalue weighted by Crippen LogP contribution is 2.13. The number of benzene rings is 1. The van der Waals surface area contributed by atoms with Crippen LogP contribution in [-0.4, -0.2) is 29.1 Å². The van der Waals surface area contributed by atoms with E-state index in [1.165, 1.54) is 5.56 Å². The summed E-state index contributed by atoms with van der Waals surface area (Å²) in [4.78, 5) is 16.6. The molecular formula is C19H21N3O2. The van der Waals surface area contributed by atoms with Gasteiger partial charge in [-0.3, -0.25) is 4.79 Å². The minimum absolute atomic E-state index is 0.132. The topological polar surface area (TPSA) is 56.1 Å². The molecule has 0 radical (unpaired) electrons. The predicted octanol–water partition coefficient (Wildman–Crippen LogP) is 2.94. The highest BCUT2D eigenvalue weighted by Gasteiger charge is 2.09. The van der Waals surface area contributed by atoms with Gasteiger partial charge in [-0.1, -0.05) is 12.1 Å². The number of methoxy groups -OCH3 is 1. The van der Waals surface area contributed by atoms with Crippen molar-refractivity contribution in [2.45, 2.75) is 12.8 Å². The number of pyridine rings is 1. The Morgan fingerprint density at radius 2 is 1.96 bits per heavy atom. The Bertz CT molecular complexity index is 837. The third kappa shape index (κ3) is 3.56. The number of carbonyl (C=O) groups excluding carboxylic acids is 1. The van der Waals surface area contributed by atoms with Gasteiger partial charge in [0.15, 0.2) is 0 Å². The highest BCUT2D eigenvalue weighted by atomic mass is 16.5. The minimum Gasteiger partial charge on any atom is -0.497 e. The van der Waals surface area contributed by atoms with Crippen molar-refractivity contribution in [3.8, 4) is 5.75 Å². The smallest absolute Gasteiger partial charge is 0.269 e. The molecule has 1 N–H and O–H groups in total. The molecule has 5 nitrogen and oxygen atoms in total. The maximum Gasteiger partial charge on any atom is 0.269 e. The second-order valence-electron chi connectivity index (χ2n) is 5.74. The van der Waals surface area contributed by atoms with Gasteiger partial charge < -0.3 is 14.6 Å². The maximum absolute atomic E-state index is 12.2. The van der Waals surface area contributed by atoms with E-state index in [1.54, 1.807) is 13.2 Å². The fourth-order valence-electron chi connectivity index (χ4n) is 2.64. The van der Waals surface area contributed by atoms with Gasteiger partial charge in [0.1, 0.15) is 17.1 Å². The van der Waals surface area contributed by atoms with Gasteiger partial charge in [-0.05, 0) is 48.7 Å². The van der Waals surface area contributed by atoms with Crippen molar-refractivity contribution in [3.63, 3.8) is 0 Å². The summed E-state index contributed by atoms with van der Waals surface area (Å²) in [5, 5.41) is 3.97. The number of nitrogens with one attached hydrogen (secondary N) is 1. The van der Waals surface area contributed by atoms with Gasteiger partial charge in [0.25, 0.3) is 5.91 Å². The summed E-state index contributed by atoms with van der Waals surface area (Å²) >= 11 is 0. The normalized spacial score (nSPS) is 10.8. The van der Waals surface area contributed by atoms with Crippen LogP contribution < -0.4 is 10.1 Å². The Balaban J connectivity index is 1.51.